The molecule has 1 aromatic heterocycles. The van der Waals surface area contributed by atoms with Crippen molar-refractivity contribution in [3.05, 3.63) is 23.8 Å². The van der Waals surface area contributed by atoms with Crippen LogP contribution < -0.4 is 5.59 Å². The molecule has 0 spiro atoms. The van der Waals surface area contributed by atoms with Crippen LogP contribution >= 0.6 is 0 Å². The van der Waals surface area contributed by atoms with Crippen molar-refractivity contribution in [3.8, 4) is 0 Å². The average molecular weight is 273 g/mol. The highest BCUT2D eigenvalue weighted by Gasteiger charge is 2.52. The Bertz CT molecular complexity index is 823. The molecule has 0 N–H and O–H groups in total. The maximum Gasteiger partial charge on any atom is 0.514 e. The van der Waals surface area contributed by atoms with E-state index in [4.69, 9.17) is 25.8 Å². The number of nitrogens with zero attached hydrogens (tertiary/aromatic N) is 1. The Kier molecular flexibility index (Phi) is 1.25. The molecule has 0 radical (unpaired) electrons. The lowest BCUT2D eigenvalue weighted by atomic mass is 9.82. The van der Waals surface area contributed by atoms with Gasteiger partial charge in [-0.15, -0.1) is 0 Å². The van der Waals surface area contributed by atoms with E-state index >= 15 is 0 Å². The van der Waals surface area contributed by atoms with Gasteiger partial charge < -0.3 is 9.31 Å². The van der Waals surface area contributed by atoms with Crippen LogP contribution in [0.15, 0.2) is 18.1 Å². The topological polar surface area (TPSA) is 31.4 Å². The average Bonchev–Trinajstić information content (AvgIpc) is 2.71. The largest absolute Gasteiger partial charge is 0.514 e. The van der Waals surface area contributed by atoms with E-state index in [1.54, 1.807) is 27.7 Å². The van der Waals surface area contributed by atoms with Crippen molar-refractivity contribution >= 4 is 12.7 Å². The first-order valence-electron chi connectivity index (χ1n) is 11.9. The minimum absolute atomic E-state index is 0.461. The molecule has 2 heterocycles. The standard InChI is InChI=1S/C15H24BNO2/c1-13(2,3)11-9-8-10-12(17-11)16-18-14(4,5)15(6,7)19-16/h8-10H,1-7H3/i1D3,2D3,3D3,8D,9D,10D. The van der Waals surface area contributed by atoms with Gasteiger partial charge in [-0.1, -0.05) is 26.6 Å². The predicted octanol–water partition coefficient (Wildman–Crippen LogP) is 2.68. The van der Waals surface area contributed by atoms with Gasteiger partial charge in [0, 0.05) is 23.4 Å². The molecule has 19 heavy (non-hydrogen) atoms. The van der Waals surface area contributed by atoms with Gasteiger partial charge in [0.05, 0.1) is 20.9 Å². The summed E-state index contributed by atoms with van der Waals surface area (Å²) >= 11 is 0. The second-order valence-corrected chi connectivity index (χ2v) is 5.56. The van der Waals surface area contributed by atoms with Crippen molar-refractivity contribution in [2.24, 2.45) is 0 Å². The molecule has 4 heteroatoms. The highest BCUT2D eigenvalue weighted by Crippen LogP contribution is 2.36. The van der Waals surface area contributed by atoms with Crippen LogP contribution in [0.4, 0.5) is 0 Å². The third-order valence-electron chi connectivity index (χ3n) is 3.44. The second-order valence-electron chi connectivity index (χ2n) is 5.56. The fourth-order valence-corrected chi connectivity index (χ4v) is 1.57. The van der Waals surface area contributed by atoms with Crippen LogP contribution in [0.3, 0.4) is 0 Å². The van der Waals surface area contributed by atoms with Crippen LogP contribution in [0.2, 0.25) is 0 Å². The molecule has 104 valence electrons. The number of aromatic nitrogens is 1. The van der Waals surface area contributed by atoms with Crippen LogP contribution in [-0.2, 0) is 14.7 Å². The zero-order valence-electron chi connectivity index (χ0n) is 23.3. The first-order chi connectivity index (χ1) is 13.5. The van der Waals surface area contributed by atoms with Gasteiger partial charge in [0.2, 0.25) is 0 Å². The summed E-state index contributed by atoms with van der Waals surface area (Å²) in [6, 6.07) is -2.59. The molecular weight excluding hydrogens is 237 g/mol. The molecule has 3 nitrogen and oxygen atoms in total. The molecule has 0 amide bonds. The zero-order chi connectivity index (χ0) is 24.6. The van der Waals surface area contributed by atoms with Gasteiger partial charge in [0.25, 0.3) is 0 Å². The monoisotopic (exact) mass is 273 g/mol. The van der Waals surface area contributed by atoms with Gasteiger partial charge in [-0.2, -0.15) is 0 Å². The normalized spacial score (nSPS) is 32.9. The summed E-state index contributed by atoms with van der Waals surface area (Å²) in [5.41, 5.74) is -7.01. The van der Waals surface area contributed by atoms with E-state index in [-0.39, 0.29) is 0 Å². The van der Waals surface area contributed by atoms with Gasteiger partial charge in [-0.3, -0.25) is 4.98 Å². The fourth-order valence-electron chi connectivity index (χ4n) is 1.57. The molecule has 2 rings (SSSR count). The third kappa shape index (κ3) is 2.70. The molecule has 1 saturated heterocycles. The van der Waals surface area contributed by atoms with E-state index in [1.807, 2.05) is 0 Å². The molecule has 0 atom stereocenters. The van der Waals surface area contributed by atoms with Gasteiger partial charge in [0.15, 0.2) is 0 Å². The molecule has 0 aliphatic carbocycles. The first-order valence-corrected chi connectivity index (χ1v) is 5.87. The van der Waals surface area contributed by atoms with Crippen LogP contribution in [0.5, 0.6) is 0 Å². The van der Waals surface area contributed by atoms with E-state index in [1.165, 1.54) is 0 Å². The van der Waals surface area contributed by atoms with Crippen molar-refractivity contribution in [1.82, 2.24) is 4.98 Å². The van der Waals surface area contributed by atoms with Crippen LogP contribution in [0.25, 0.3) is 0 Å². The number of rotatable bonds is 1. The smallest absolute Gasteiger partial charge is 0.398 e. The summed E-state index contributed by atoms with van der Waals surface area (Å²) < 4.78 is 106. The Hall–Kier alpha value is -0.865. The summed E-state index contributed by atoms with van der Waals surface area (Å²) in [5.74, 6) is 0. The van der Waals surface area contributed by atoms with Gasteiger partial charge >= 0.3 is 7.12 Å². The molecule has 0 bridgehead atoms. The Labute approximate surface area is 133 Å². The third-order valence-corrected chi connectivity index (χ3v) is 3.44. The van der Waals surface area contributed by atoms with Gasteiger partial charge in [0.1, 0.15) is 0 Å². The van der Waals surface area contributed by atoms with Crippen molar-refractivity contribution in [2.75, 3.05) is 0 Å². The first kappa shape index (κ1) is 5.49. The Morgan fingerprint density at radius 2 is 1.74 bits per heavy atom. The Morgan fingerprint density at radius 1 is 1.16 bits per heavy atom. The zero-order valence-corrected chi connectivity index (χ0v) is 11.3. The number of hydrogen-bond donors (Lipinski definition) is 0. The molecule has 1 fully saturated rings. The van der Waals surface area contributed by atoms with E-state index in [9.17, 15) is 0 Å². The van der Waals surface area contributed by atoms with Crippen LogP contribution in [-0.4, -0.2) is 23.3 Å². The summed E-state index contributed by atoms with van der Waals surface area (Å²) in [6.45, 7) is -4.21. The fraction of sp³-hybridized carbons (Fsp3) is 0.667. The maximum absolute atomic E-state index is 8.18. The lowest BCUT2D eigenvalue weighted by molar-refractivity contribution is 0.00578. The minimum Gasteiger partial charge on any atom is -0.398 e. The maximum atomic E-state index is 8.18. The van der Waals surface area contributed by atoms with Crippen molar-refractivity contribution in [3.63, 3.8) is 0 Å². The molecule has 0 saturated carbocycles. The second kappa shape index (κ2) is 4.32. The lowest BCUT2D eigenvalue weighted by Crippen LogP contribution is -2.41. The predicted molar refractivity (Wildman–Crippen MR) is 78.7 cm³/mol. The quantitative estimate of drug-likeness (QED) is 0.737. The lowest BCUT2D eigenvalue weighted by Gasteiger charge is -2.32. The van der Waals surface area contributed by atoms with Crippen LogP contribution in [0.1, 0.15) is 70.4 Å². The molecule has 0 aromatic carbocycles. The van der Waals surface area contributed by atoms with E-state index < -0.39 is 73.7 Å². The number of pyridine rings is 1. The minimum atomic E-state index is -3.66. The van der Waals surface area contributed by atoms with E-state index in [2.05, 4.69) is 4.98 Å². The highest BCUT2D eigenvalue weighted by atomic mass is 16.7. The van der Waals surface area contributed by atoms with Gasteiger partial charge in [-0.25, -0.2) is 0 Å². The molecule has 1 aromatic rings. The van der Waals surface area contributed by atoms with Crippen molar-refractivity contribution in [2.45, 2.75) is 64.9 Å². The molecular formula is C15H24BNO2. The number of hydrogen-bond acceptors (Lipinski definition) is 3. The SMILES string of the molecule is [2H]c1c(B2OC(C)(C)C(C)(C)O2)nc(C(C([2H])([2H])[2H])(C([2H])([2H])[2H])C([2H])([2H])[2H])c([2H])c1[2H]. The Balaban J connectivity index is 2.95. The molecule has 0 unspecified atom stereocenters. The van der Waals surface area contributed by atoms with E-state index in [0.717, 1.165) is 0 Å². The van der Waals surface area contributed by atoms with E-state index in [0.29, 0.717) is 0 Å². The van der Waals surface area contributed by atoms with Crippen LogP contribution in [0, 0.1) is 0 Å². The summed E-state index contributed by atoms with van der Waals surface area (Å²) in [6.07, 6.45) is 0. The van der Waals surface area contributed by atoms with Gasteiger partial charge in [-0.05, 0) is 39.8 Å². The van der Waals surface area contributed by atoms with Crippen molar-refractivity contribution in [1.29, 1.82) is 0 Å². The molecule has 1 aliphatic heterocycles. The highest BCUT2D eigenvalue weighted by molar-refractivity contribution is 6.61. The summed E-state index contributed by atoms with van der Waals surface area (Å²) in [7, 11) is -1.40. The Morgan fingerprint density at radius 3 is 2.26 bits per heavy atom. The summed E-state index contributed by atoms with van der Waals surface area (Å²) in [5, 5.41) is 0. The molecule has 1 aliphatic rings. The summed E-state index contributed by atoms with van der Waals surface area (Å²) in [4.78, 5) is 3.89. The van der Waals surface area contributed by atoms with Crippen molar-refractivity contribution < 1.29 is 25.8 Å².